The van der Waals surface area contributed by atoms with Crippen LogP contribution in [0.1, 0.15) is 6.42 Å². The lowest BCUT2D eigenvalue weighted by atomic mass is 10.2. The van der Waals surface area contributed by atoms with Gasteiger partial charge >= 0.3 is 6.03 Å². The van der Waals surface area contributed by atoms with Crippen molar-refractivity contribution in [1.29, 1.82) is 0 Å². The van der Waals surface area contributed by atoms with Gasteiger partial charge in [0, 0.05) is 71.3 Å². The summed E-state index contributed by atoms with van der Waals surface area (Å²) >= 11 is 6.33. The van der Waals surface area contributed by atoms with Gasteiger partial charge in [-0.2, -0.15) is 5.10 Å². The van der Waals surface area contributed by atoms with Gasteiger partial charge in [0.25, 0.3) is 0 Å². The van der Waals surface area contributed by atoms with Gasteiger partial charge in [0.1, 0.15) is 5.75 Å². The molecule has 2 aromatic heterocycles. The van der Waals surface area contributed by atoms with Gasteiger partial charge in [0.15, 0.2) is 11.6 Å². The lowest BCUT2D eigenvalue weighted by Gasteiger charge is -2.22. The number of pyridine rings is 1. The number of ether oxygens (including phenoxy) is 1. The largest absolute Gasteiger partial charge is 0.454 e. The highest BCUT2D eigenvalue weighted by molar-refractivity contribution is 6.31. The SMILES string of the molecule is CN(C)C1CCN(c2cc(Cl)cc(NC(=O)Nc3ccc(Oc4ccnc(-c5cn[nH]c5)c4)c(F)c3)c2)C1. The Kier molecular flexibility index (Phi) is 7.43. The number of anilines is 3. The standard InChI is InChI=1S/C27H27ClFN7O2/c1-35(2)21-6-8-36(16-21)22-10-18(28)9-20(11-22)34-27(37)33-19-3-4-26(24(29)12-19)38-23-5-7-30-25(13-23)17-14-31-32-15-17/h3-5,7,9-15,21H,6,8,16H2,1-2H3,(H,31,32)(H2,33,34,37). The van der Waals surface area contributed by atoms with E-state index < -0.39 is 11.8 Å². The van der Waals surface area contributed by atoms with Gasteiger partial charge < -0.3 is 25.2 Å². The Bertz CT molecular complexity index is 1430. The van der Waals surface area contributed by atoms with Gasteiger partial charge in [-0.1, -0.05) is 11.6 Å². The van der Waals surface area contributed by atoms with Crippen LogP contribution in [0.15, 0.2) is 67.1 Å². The number of hydrogen-bond donors (Lipinski definition) is 3. The zero-order chi connectivity index (χ0) is 26.6. The van der Waals surface area contributed by atoms with Gasteiger partial charge in [-0.3, -0.25) is 10.1 Å². The molecule has 38 heavy (non-hydrogen) atoms. The van der Waals surface area contributed by atoms with Gasteiger partial charge in [-0.25, -0.2) is 9.18 Å². The molecule has 1 saturated heterocycles. The number of nitrogens with one attached hydrogen (secondary N) is 3. The summed E-state index contributed by atoms with van der Waals surface area (Å²) in [5.74, 6) is -0.194. The van der Waals surface area contributed by atoms with Gasteiger partial charge in [-0.05, 0) is 56.9 Å². The lowest BCUT2D eigenvalue weighted by Crippen LogP contribution is -2.31. The number of halogens is 2. The molecular weight excluding hydrogens is 509 g/mol. The Balaban J connectivity index is 1.22. The second-order valence-electron chi connectivity index (χ2n) is 9.24. The molecule has 11 heteroatoms. The molecule has 1 aliphatic rings. The summed E-state index contributed by atoms with van der Waals surface area (Å²) < 4.78 is 20.5. The minimum atomic E-state index is -0.626. The predicted octanol–water partition coefficient (Wildman–Crippen LogP) is 5.84. The number of carbonyl (C=O) groups is 1. The summed E-state index contributed by atoms with van der Waals surface area (Å²) in [4.78, 5) is 21.4. The molecule has 1 aliphatic heterocycles. The molecule has 0 saturated carbocycles. The van der Waals surface area contributed by atoms with Crippen molar-refractivity contribution in [2.45, 2.75) is 12.5 Å². The maximum atomic E-state index is 14.8. The van der Waals surface area contributed by atoms with E-state index in [0.717, 1.165) is 30.8 Å². The van der Waals surface area contributed by atoms with E-state index >= 15 is 0 Å². The van der Waals surface area contributed by atoms with E-state index in [2.05, 4.69) is 49.7 Å². The topological polar surface area (TPSA) is 98.4 Å². The molecule has 196 valence electrons. The molecule has 0 bridgehead atoms. The van der Waals surface area contributed by atoms with Crippen LogP contribution in [0, 0.1) is 5.82 Å². The number of aromatic nitrogens is 3. The molecule has 3 heterocycles. The molecule has 3 N–H and O–H groups in total. The molecular formula is C27H27ClFN7O2. The second-order valence-corrected chi connectivity index (χ2v) is 9.68. The van der Waals surface area contributed by atoms with Crippen molar-refractivity contribution in [2.24, 2.45) is 0 Å². The zero-order valence-electron chi connectivity index (χ0n) is 20.9. The van der Waals surface area contributed by atoms with Gasteiger partial charge in [0.05, 0.1) is 11.9 Å². The van der Waals surface area contributed by atoms with Gasteiger partial charge in [-0.15, -0.1) is 0 Å². The minimum absolute atomic E-state index is 0.0152. The third-order valence-electron chi connectivity index (χ3n) is 6.34. The molecule has 4 aromatic rings. The van der Waals surface area contributed by atoms with E-state index in [9.17, 15) is 9.18 Å². The fourth-order valence-electron chi connectivity index (χ4n) is 4.33. The van der Waals surface area contributed by atoms with E-state index in [4.69, 9.17) is 16.3 Å². The van der Waals surface area contributed by atoms with Crippen molar-refractivity contribution in [2.75, 3.05) is 42.7 Å². The van der Waals surface area contributed by atoms with Crippen LogP contribution in [-0.4, -0.2) is 59.3 Å². The molecule has 9 nitrogen and oxygen atoms in total. The van der Waals surface area contributed by atoms with Crippen LogP contribution in [0.2, 0.25) is 5.02 Å². The van der Waals surface area contributed by atoms with Crippen LogP contribution >= 0.6 is 11.6 Å². The van der Waals surface area contributed by atoms with Gasteiger partial charge in [0.2, 0.25) is 0 Å². The number of benzene rings is 2. The first kappa shape index (κ1) is 25.5. The zero-order valence-corrected chi connectivity index (χ0v) is 21.7. The summed E-state index contributed by atoms with van der Waals surface area (Å²) in [6.07, 6.45) is 5.96. The Morgan fingerprint density at radius 3 is 2.74 bits per heavy atom. The van der Waals surface area contributed by atoms with E-state index in [1.807, 2.05) is 12.1 Å². The third-order valence-corrected chi connectivity index (χ3v) is 6.56. The van der Waals surface area contributed by atoms with E-state index in [1.54, 1.807) is 42.9 Å². The first-order valence-electron chi connectivity index (χ1n) is 12.1. The second kappa shape index (κ2) is 11.1. The molecule has 0 spiro atoms. The Hall–Kier alpha value is -4.15. The summed E-state index contributed by atoms with van der Waals surface area (Å²) in [5, 5.41) is 12.6. The van der Waals surface area contributed by atoms with Crippen LogP contribution in [0.25, 0.3) is 11.3 Å². The lowest BCUT2D eigenvalue weighted by molar-refractivity contribution is 0.262. The summed E-state index contributed by atoms with van der Waals surface area (Å²) in [6, 6.07) is 12.9. The first-order chi connectivity index (χ1) is 18.3. The molecule has 0 radical (unpaired) electrons. The predicted molar refractivity (Wildman–Crippen MR) is 147 cm³/mol. The van der Waals surface area contributed by atoms with Crippen LogP contribution in [0.4, 0.5) is 26.2 Å². The highest BCUT2D eigenvalue weighted by Gasteiger charge is 2.24. The Labute approximate surface area is 224 Å². The quantitative estimate of drug-likeness (QED) is 0.275. The van der Waals surface area contributed by atoms with Crippen molar-refractivity contribution in [3.63, 3.8) is 0 Å². The Morgan fingerprint density at radius 2 is 2.00 bits per heavy atom. The average molecular weight is 536 g/mol. The van der Waals surface area contributed by atoms with Crippen molar-refractivity contribution >= 4 is 34.7 Å². The van der Waals surface area contributed by atoms with Crippen LogP contribution in [-0.2, 0) is 0 Å². The maximum absolute atomic E-state index is 14.8. The number of hydrogen-bond acceptors (Lipinski definition) is 6. The first-order valence-corrected chi connectivity index (χ1v) is 12.4. The number of nitrogens with zero attached hydrogens (tertiary/aromatic N) is 4. The number of H-pyrrole nitrogens is 1. The van der Waals surface area contributed by atoms with Crippen molar-refractivity contribution < 1.29 is 13.9 Å². The fraction of sp³-hybridized carbons (Fsp3) is 0.222. The van der Waals surface area contributed by atoms with Crippen molar-refractivity contribution in [3.8, 4) is 22.8 Å². The molecule has 2 aromatic carbocycles. The number of aromatic amines is 1. The average Bonchev–Trinajstić information content (AvgIpc) is 3.59. The maximum Gasteiger partial charge on any atom is 0.323 e. The molecule has 2 amide bonds. The van der Waals surface area contributed by atoms with E-state index in [-0.39, 0.29) is 11.4 Å². The van der Waals surface area contributed by atoms with Crippen LogP contribution < -0.4 is 20.3 Å². The van der Waals surface area contributed by atoms with E-state index in [1.165, 1.54) is 12.1 Å². The summed E-state index contributed by atoms with van der Waals surface area (Å²) in [6.45, 7) is 1.80. The van der Waals surface area contributed by atoms with Crippen LogP contribution in [0.3, 0.4) is 0 Å². The van der Waals surface area contributed by atoms with Crippen LogP contribution in [0.5, 0.6) is 11.5 Å². The fourth-order valence-corrected chi connectivity index (χ4v) is 4.56. The number of urea groups is 1. The highest BCUT2D eigenvalue weighted by atomic mass is 35.5. The summed E-state index contributed by atoms with van der Waals surface area (Å²) in [7, 11) is 4.14. The molecule has 0 aliphatic carbocycles. The van der Waals surface area contributed by atoms with Crippen molar-refractivity contribution in [1.82, 2.24) is 20.1 Å². The highest BCUT2D eigenvalue weighted by Crippen LogP contribution is 2.30. The molecule has 1 unspecified atom stereocenters. The smallest absolute Gasteiger partial charge is 0.323 e. The Morgan fingerprint density at radius 1 is 1.16 bits per heavy atom. The monoisotopic (exact) mass is 535 g/mol. The van der Waals surface area contributed by atoms with Crippen molar-refractivity contribution in [3.05, 3.63) is 78.0 Å². The molecule has 1 fully saturated rings. The number of rotatable bonds is 7. The number of amides is 2. The summed E-state index contributed by atoms with van der Waals surface area (Å²) in [5.41, 5.74) is 3.18. The molecule has 5 rings (SSSR count). The molecule has 1 atom stereocenters. The number of likely N-dealkylation sites (N-methyl/N-ethyl adjacent to an activating group) is 1. The minimum Gasteiger partial charge on any atom is -0.454 e. The third kappa shape index (κ3) is 6.04. The van der Waals surface area contributed by atoms with E-state index in [0.29, 0.717) is 28.2 Å². The normalized spacial score (nSPS) is 15.1. The number of carbonyl (C=O) groups excluding carboxylic acids is 1.